The quantitative estimate of drug-likeness (QED) is 0.516. The van der Waals surface area contributed by atoms with E-state index in [-0.39, 0.29) is 33.3 Å². The number of methoxy groups -OCH3 is 2. The number of ether oxygens (including phenoxy) is 2. The van der Waals surface area contributed by atoms with Gasteiger partial charge in [0.2, 0.25) is 5.88 Å². The number of carbonyl (C=O) groups excluding carboxylic acids is 1. The topological polar surface area (TPSA) is 137 Å². The zero-order valence-electron chi connectivity index (χ0n) is 16.8. The van der Waals surface area contributed by atoms with Gasteiger partial charge in [0.15, 0.2) is 5.82 Å². The van der Waals surface area contributed by atoms with Crippen molar-refractivity contribution in [3.63, 3.8) is 0 Å². The van der Waals surface area contributed by atoms with Crippen LogP contribution in [0, 0.1) is 0 Å². The number of amides is 1. The van der Waals surface area contributed by atoms with Gasteiger partial charge in [0, 0.05) is 18.3 Å². The molecule has 0 aliphatic heterocycles. The van der Waals surface area contributed by atoms with Crippen molar-refractivity contribution in [2.75, 3.05) is 24.3 Å². The molecule has 0 aliphatic carbocycles. The van der Waals surface area contributed by atoms with E-state index in [4.69, 9.17) is 21.1 Å². The van der Waals surface area contributed by atoms with Gasteiger partial charge in [-0.2, -0.15) is 15.1 Å². The van der Waals surface area contributed by atoms with E-state index in [1.807, 2.05) is 6.92 Å². The monoisotopic (exact) mass is 466 g/mol. The molecular weight excluding hydrogens is 448 g/mol. The molecule has 0 radical (unpaired) electrons. The molecule has 2 heterocycles. The molecule has 0 spiro atoms. The van der Waals surface area contributed by atoms with Crippen molar-refractivity contribution in [3.8, 4) is 11.9 Å². The highest BCUT2D eigenvalue weighted by atomic mass is 35.5. The van der Waals surface area contributed by atoms with Gasteiger partial charge in [0.1, 0.15) is 5.69 Å². The number of halogens is 1. The normalized spacial score (nSPS) is 11.1. The Kier molecular flexibility index (Phi) is 6.61. The van der Waals surface area contributed by atoms with Crippen LogP contribution in [0.15, 0.2) is 41.4 Å². The molecule has 0 atom stereocenters. The molecule has 31 heavy (non-hydrogen) atoms. The van der Waals surface area contributed by atoms with E-state index in [1.54, 1.807) is 0 Å². The standard InChI is InChI=1S/C18H19ClN6O5S/c1-4-25-16(13(19)10-20-25)17(26)21-11-5-7-12(8-6-11)31(27,28)24-14-9-15(29-2)23-18(22-14)30-3/h5-10H,4H2,1-3H3,(H,21,26)(H,22,23,24). The number of aromatic nitrogens is 4. The van der Waals surface area contributed by atoms with Gasteiger partial charge in [-0.05, 0) is 31.2 Å². The SMILES string of the molecule is CCn1ncc(Cl)c1C(=O)Nc1ccc(S(=O)(=O)Nc2cc(OC)nc(OC)n2)cc1. The fraction of sp³-hybridized carbons (Fsp3) is 0.222. The Morgan fingerprint density at radius 2 is 1.87 bits per heavy atom. The first-order valence-corrected chi connectivity index (χ1v) is 10.8. The van der Waals surface area contributed by atoms with Crippen LogP contribution < -0.4 is 19.5 Å². The van der Waals surface area contributed by atoms with E-state index >= 15 is 0 Å². The molecular formula is C18H19ClN6O5S. The summed E-state index contributed by atoms with van der Waals surface area (Å²) in [5.74, 6) is -0.352. The number of aryl methyl sites for hydroxylation is 1. The lowest BCUT2D eigenvalue weighted by molar-refractivity contribution is 0.101. The van der Waals surface area contributed by atoms with Crippen LogP contribution in [-0.2, 0) is 16.6 Å². The van der Waals surface area contributed by atoms with Crippen molar-refractivity contribution in [2.45, 2.75) is 18.4 Å². The predicted octanol–water partition coefficient (Wildman–Crippen LogP) is 2.42. The molecule has 3 aromatic rings. The van der Waals surface area contributed by atoms with Crippen LogP contribution in [-0.4, -0.2) is 48.3 Å². The Morgan fingerprint density at radius 3 is 2.48 bits per heavy atom. The van der Waals surface area contributed by atoms with Crippen LogP contribution in [0.5, 0.6) is 11.9 Å². The van der Waals surface area contributed by atoms with E-state index in [0.717, 1.165) is 0 Å². The minimum Gasteiger partial charge on any atom is -0.481 e. The third kappa shape index (κ3) is 5.03. The second-order valence-electron chi connectivity index (χ2n) is 6.02. The van der Waals surface area contributed by atoms with Crippen molar-refractivity contribution in [1.29, 1.82) is 0 Å². The summed E-state index contributed by atoms with van der Waals surface area (Å²) in [5, 5.41) is 6.90. The second kappa shape index (κ2) is 9.18. The Balaban J connectivity index is 1.77. The van der Waals surface area contributed by atoms with E-state index in [9.17, 15) is 13.2 Å². The largest absolute Gasteiger partial charge is 0.481 e. The summed E-state index contributed by atoms with van der Waals surface area (Å²) in [7, 11) is -1.24. The van der Waals surface area contributed by atoms with Gasteiger partial charge < -0.3 is 14.8 Å². The first-order chi connectivity index (χ1) is 14.8. The van der Waals surface area contributed by atoms with Crippen LogP contribution in [0.3, 0.4) is 0 Å². The lowest BCUT2D eigenvalue weighted by Crippen LogP contribution is -2.18. The highest BCUT2D eigenvalue weighted by Crippen LogP contribution is 2.22. The molecule has 164 valence electrons. The van der Waals surface area contributed by atoms with Gasteiger partial charge >= 0.3 is 6.01 Å². The number of nitrogens with zero attached hydrogens (tertiary/aromatic N) is 4. The summed E-state index contributed by atoms with van der Waals surface area (Å²) in [6.07, 6.45) is 1.39. The van der Waals surface area contributed by atoms with Crippen LogP contribution in [0.25, 0.3) is 0 Å². The maximum atomic E-state index is 12.7. The van der Waals surface area contributed by atoms with Gasteiger partial charge in [-0.15, -0.1) is 0 Å². The molecule has 0 saturated carbocycles. The number of benzene rings is 1. The van der Waals surface area contributed by atoms with Crippen molar-refractivity contribution < 1.29 is 22.7 Å². The Hall–Kier alpha value is -3.38. The summed E-state index contributed by atoms with van der Waals surface area (Å²) in [6, 6.07) is 6.84. The summed E-state index contributed by atoms with van der Waals surface area (Å²) in [4.78, 5) is 20.3. The second-order valence-corrected chi connectivity index (χ2v) is 8.11. The molecule has 0 saturated heterocycles. The van der Waals surface area contributed by atoms with E-state index in [2.05, 4.69) is 25.1 Å². The van der Waals surface area contributed by atoms with E-state index < -0.39 is 15.9 Å². The molecule has 2 N–H and O–H groups in total. The number of nitrogens with one attached hydrogen (secondary N) is 2. The maximum Gasteiger partial charge on any atom is 0.321 e. The fourth-order valence-electron chi connectivity index (χ4n) is 2.58. The Bertz CT molecular complexity index is 1170. The first-order valence-electron chi connectivity index (χ1n) is 8.90. The van der Waals surface area contributed by atoms with Gasteiger partial charge in [-0.1, -0.05) is 11.6 Å². The molecule has 13 heteroatoms. The molecule has 0 aliphatic rings. The van der Waals surface area contributed by atoms with Crippen LogP contribution in [0.4, 0.5) is 11.5 Å². The molecule has 1 amide bonds. The van der Waals surface area contributed by atoms with Gasteiger partial charge in [0.25, 0.3) is 15.9 Å². The zero-order valence-corrected chi connectivity index (χ0v) is 18.4. The van der Waals surface area contributed by atoms with Crippen LogP contribution in [0.1, 0.15) is 17.4 Å². The number of hydrogen-bond donors (Lipinski definition) is 2. The minimum absolute atomic E-state index is 0.0245. The summed E-state index contributed by atoms with van der Waals surface area (Å²) < 4.78 is 39.1. The fourth-order valence-corrected chi connectivity index (χ4v) is 3.80. The van der Waals surface area contributed by atoms with Gasteiger partial charge in [0.05, 0.1) is 30.3 Å². The lowest BCUT2D eigenvalue weighted by atomic mass is 10.3. The maximum absolute atomic E-state index is 12.7. The average Bonchev–Trinajstić information content (AvgIpc) is 3.14. The third-order valence-corrected chi connectivity index (χ3v) is 5.69. The van der Waals surface area contributed by atoms with E-state index in [0.29, 0.717) is 12.2 Å². The van der Waals surface area contributed by atoms with Gasteiger partial charge in [-0.25, -0.2) is 8.42 Å². The molecule has 0 bridgehead atoms. The molecule has 0 unspecified atom stereocenters. The van der Waals surface area contributed by atoms with Gasteiger partial charge in [-0.3, -0.25) is 14.2 Å². The van der Waals surface area contributed by atoms with Crippen molar-refractivity contribution >= 4 is 39.0 Å². The summed E-state index contributed by atoms with van der Waals surface area (Å²) in [5.41, 5.74) is 0.600. The average molecular weight is 467 g/mol. The smallest absolute Gasteiger partial charge is 0.321 e. The van der Waals surface area contributed by atoms with Crippen LogP contribution in [0.2, 0.25) is 5.02 Å². The Labute approximate surface area is 183 Å². The van der Waals surface area contributed by atoms with Crippen molar-refractivity contribution in [1.82, 2.24) is 19.7 Å². The van der Waals surface area contributed by atoms with Crippen molar-refractivity contribution in [3.05, 3.63) is 47.2 Å². The molecule has 3 rings (SSSR count). The predicted molar refractivity (Wildman–Crippen MR) is 113 cm³/mol. The summed E-state index contributed by atoms with van der Waals surface area (Å²) >= 11 is 6.03. The first kappa shape index (κ1) is 22.3. The summed E-state index contributed by atoms with van der Waals surface area (Å²) in [6.45, 7) is 2.30. The minimum atomic E-state index is -3.97. The zero-order chi connectivity index (χ0) is 22.6. The highest BCUT2D eigenvalue weighted by molar-refractivity contribution is 7.92. The number of carbonyl (C=O) groups is 1. The lowest BCUT2D eigenvalue weighted by Gasteiger charge is -2.11. The highest BCUT2D eigenvalue weighted by Gasteiger charge is 2.19. The number of rotatable bonds is 8. The molecule has 2 aromatic heterocycles. The Morgan fingerprint density at radius 1 is 1.16 bits per heavy atom. The molecule has 11 nitrogen and oxygen atoms in total. The molecule has 1 aromatic carbocycles. The van der Waals surface area contributed by atoms with Crippen LogP contribution >= 0.6 is 11.6 Å². The van der Waals surface area contributed by atoms with E-state index in [1.165, 1.54) is 55.4 Å². The third-order valence-electron chi connectivity index (χ3n) is 4.04. The number of hydrogen-bond acceptors (Lipinski definition) is 8. The molecule has 0 fully saturated rings. The number of sulfonamides is 1. The number of anilines is 2. The van der Waals surface area contributed by atoms with Crippen molar-refractivity contribution in [2.24, 2.45) is 0 Å².